The van der Waals surface area contributed by atoms with E-state index >= 15 is 0 Å². The lowest BCUT2D eigenvalue weighted by atomic mass is 10.2. The van der Waals surface area contributed by atoms with Crippen LogP contribution < -0.4 is 0 Å². The number of carbonyl (C=O) groups excluding carboxylic acids is 1. The third-order valence-corrected chi connectivity index (χ3v) is 4.08. The van der Waals surface area contributed by atoms with Gasteiger partial charge in [-0.15, -0.1) is 11.3 Å². The third kappa shape index (κ3) is 2.94. The zero-order chi connectivity index (χ0) is 12.6. The first kappa shape index (κ1) is 13.1. The van der Waals surface area contributed by atoms with Gasteiger partial charge in [-0.05, 0) is 19.9 Å². The zero-order valence-electron chi connectivity index (χ0n) is 9.57. The average Bonchev–Trinajstić information content (AvgIpc) is 2.55. The number of ether oxygens (including phenoxy) is 1. The Balaban J connectivity index is 2.17. The van der Waals surface area contributed by atoms with Crippen molar-refractivity contribution in [1.82, 2.24) is 4.90 Å². The first-order chi connectivity index (χ1) is 7.97. The Bertz CT molecular complexity index is 425. The molecule has 1 aromatic rings. The van der Waals surface area contributed by atoms with Gasteiger partial charge in [-0.25, -0.2) is 0 Å². The summed E-state index contributed by atoms with van der Waals surface area (Å²) in [6.45, 7) is 5.09. The summed E-state index contributed by atoms with van der Waals surface area (Å²) in [5.74, 6) is -0.0693. The third-order valence-electron chi connectivity index (χ3n) is 2.59. The Labute approximate surface area is 114 Å². The summed E-state index contributed by atoms with van der Waals surface area (Å²) in [4.78, 5) is 14.0. The average molecular weight is 294 g/mol. The Morgan fingerprint density at radius 3 is 2.47 bits per heavy atom. The molecule has 0 aliphatic carbocycles. The molecule has 0 N–H and O–H groups in total. The van der Waals surface area contributed by atoms with Crippen LogP contribution in [0.25, 0.3) is 0 Å². The van der Waals surface area contributed by atoms with Crippen molar-refractivity contribution >= 4 is 40.4 Å². The van der Waals surface area contributed by atoms with Crippen LogP contribution in [0, 0.1) is 0 Å². The van der Waals surface area contributed by atoms with Gasteiger partial charge in [0.2, 0.25) is 0 Å². The molecular weight excluding hydrogens is 281 g/mol. The number of rotatable bonds is 1. The molecule has 17 heavy (non-hydrogen) atoms. The van der Waals surface area contributed by atoms with Gasteiger partial charge in [0.15, 0.2) is 0 Å². The van der Waals surface area contributed by atoms with E-state index in [2.05, 4.69) is 0 Å². The van der Waals surface area contributed by atoms with Gasteiger partial charge in [0, 0.05) is 13.1 Å². The Morgan fingerprint density at radius 1 is 1.41 bits per heavy atom. The highest BCUT2D eigenvalue weighted by Crippen LogP contribution is 2.32. The number of thiophene rings is 1. The molecular formula is C11H13Cl2NO2S. The normalized spacial score (nSPS) is 25.1. The summed E-state index contributed by atoms with van der Waals surface area (Å²) in [6, 6.07) is 1.63. The topological polar surface area (TPSA) is 29.5 Å². The van der Waals surface area contributed by atoms with E-state index in [0.29, 0.717) is 27.3 Å². The van der Waals surface area contributed by atoms with Gasteiger partial charge in [0.1, 0.15) is 4.34 Å². The van der Waals surface area contributed by atoms with Crippen LogP contribution in [0.4, 0.5) is 0 Å². The maximum atomic E-state index is 12.3. The van der Waals surface area contributed by atoms with Crippen LogP contribution in [0.15, 0.2) is 6.07 Å². The molecule has 2 atom stereocenters. The predicted octanol–water partition coefficient (Wildman–Crippen LogP) is 3.30. The molecule has 2 heterocycles. The maximum Gasteiger partial charge on any atom is 0.256 e. The van der Waals surface area contributed by atoms with Crippen molar-refractivity contribution in [3.05, 3.63) is 20.3 Å². The van der Waals surface area contributed by atoms with Crippen molar-refractivity contribution in [3.8, 4) is 0 Å². The number of nitrogens with zero attached hydrogens (tertiary/aromatic N) is 1. The minimum absolute atomic E-state index is 0.0515. The standard InChI is InChI=1S/C11H13Cl2NO2S/c1-6-4-14(5-7(2)16-6)11(15)8-3-9(12)17-10(8)13/h3,6-7H,4-5H2,1-2H3. The largest absolute Gasteiger partial charge is 0.372 e. The molecule has 2 unspecified atom stereocenters. The van der Waals surface area contributed by atoms with E-state index in [1.54, 1.807) is 11.0 Å². The van der Waals surface area contributed by atoms with Gasteiger partial charge >= 0.3 is 0 Å². The van der Waals surface area contributed by atoms with Crippen molar-refractivity contribution in [2.75, 3.05) is 13.1 Å². The zero-order valence-corrected chi connectivity index (χ0v) is 11.9. The first-order valence-electron chi connectivity index (χ1n) is 5.37. The molecule has 1 aromatic heterocycles. The number of carbonyl (C=O) groups is 1. The van der Waals surface area contributed by atoms with Crippen LogP contribution in [0.5, 0.6) is 0 Å². The van der Waals surface area contributed by atoms with Crippen molar-refractivity contribution in [2.24, 2.45) is 0 Å². The molecule has 3 nitrogen and oxygen atoms in total. The smallest absolute Gasteiger partial charge is 0.256 e. The second-order valence-electron chi connectivity index (χ2n) is 4.21. The molecule has 0 saturated carbocycles. The van der Waals surface area contributed by atoms with Crippen molar-refractivity contribution < 1.29 is 9.53 Å². The van der Waals surface area contributed by atoms with E-state index < -0.39 is 0 Å². The van der Waals surface area contributed by atoms with Crippen molar-refractivity contribution in [3.63, 3.8) is 0 Å². The summed E-state index contributed by atoms with van der Waals surface area (Å²) in [6.07, 6.45) is 0.103. The summed E-state index contributed by atoms with van der Waals surface area (Å²) in [5, 5.41) is 0. The monoisotopic (exact) mass is 293 g/mol. The van der Waals surface area contributed by atoms with Crippen LogP contribution in [-0.4, -0.2) is 36.1 Å². The lowest BCUT2D eigenvalue weighted by Gasteiger charge is -2.35. The molecule has 0 bridgehead atoms. The Morgan fingerprint density at radius 2 is 2.00 bits per heavy atom. The molecule has 0 aromatic carbocycles. The number of morpholine rings is 1. The second kappa shape index (κ2) is 5.14. The van der Waals surface area contributed by atoms with E-state index in [9.17, 15) is 4.79 Å². The number of hydrogen-bond donors (Lipinski definition) is 0. The fraction of sp³-hybridized carbons (Fsp3) is 0.545. The van der Waals surface area contributed by atoms with E-state index in [1.165, 1.54) is 11.3 Å². The van der Waals surface area contributed by atoms with Gasteiger partial charge in [-0.2, -0.15) is 0 Å². The summed E-state index contributed by atoms with van der Waals surface area (Å²) in [7, 11) is 0. The molecule has 1 aliphatic heterocycles. The van der Waals surface area contributed by atoms with Crippen molar-refractivity contribution in [1.29, 1.82) is 0 Å². The number of amides is 1. The molecule has 1 aliphatic rings. The Hall–Kier alpha value is -0.290. The fourth-order valence-corrected chi connectivity index (χ4v) is 3.45. The lowest BCUT2D eigenvalue weighted by molar-refractivity contribution is -0.0586. The highest BCUT2D eigenvalue weighted by atomic mass is 35.5. The highest BCUT2D eigenvalue weighted by molar-refractivity contribution is 7.20. The molecule has 6 heteroatoms. The lowest BCUT2D eigenvalue weighted by Crippen LogP contribution is -2.48. The van der Waals surface area contributed by atoms with E-state index in [0.717, 1.165) is 0 Å². The SMILES string of the molecule is CC1CN(C(=O)c2cc(Cl)sc2Cl)CC(C)O1. The first-order valence-corrected chi connectivity index (χ1v) is 6.94. The number of hydrogen-bond acceptors (Lipinski definition) is 3. The van der Waals surface area contributed by atoms with Gasteiger partial charge in [-0.1, -0.05) is 23.2 Å². The van der Waals surface area contributed by atoms with Crippen molar-refractivity contribution in [2.45, 2.75) is 26.1 Å². The molecule has 2 rings (SSSR count). The molecule has 94 valence electrons. The molecule has 0 spiro atoms. The summed E-state index contributed by atoms with van der Waals surface area (Å²) < 4.78 is 6.57. The molecule has 1 amide bonds. The minimum Gasteiger partial charge on any atom is -0.372 e. The van der Waals surface area contributed by atoms with Gasteiger partial charge in [0.05, 0.1) is 22.1 Å². The van der Waals surface area contributed by atoms with E-state index in [1.807, 2.05) is 13.8 Å². The number of halogens is 2. The minimum atomic E-state index is -0.0693. The van der Waals surface area contributed by atoms with Gasteiger partial charge < -0.3 is 9.64 Å². The molecule has 1 saturated heterocycles. The van der Waals surface area contributed by atoms with Crippen LogP contribution in [0.1, 0.15) is 24.2 Å². The van der Waals surface area contributed by atoms with E-state index in [-0.39, 0.29) is 18.1 Å². The quantitative estimate of drug-likeness (QED) is 0.795. The molecule has 1 fully saturated rings. The fourth-order valence-electron chi connectivity index (χ4n) is 2.00. The second-order valence-corrected chi connectivity index (χ2v) is 6.49. The van der Waals surface area contributed by atoms with Gasteiger partial charge in [0.25, 0.3) is 5.91 Å². The van der Waals surface area contributed by atoms with Crippen LogP contribution in [0.3, 0.4) is 0 Å². The Kier molecular flexibility index (Phi) is 3.98. The van der Waals surface area contributed by atoms with Crippen LogP contribution in [0.2, 0.25) is 8.67 Å². The van der Waals surface area contributed by atoms with Crippen LogP contribution in [-0.2, 0) is 4.74 Å². The predicted molar refractivity (Wildman–Crippen MR) is 70.3 cm³/mol. The van der Waals surface area contributed by atoms with Crippen LogP contribution >= 0.6 is 34.5 Å². The summed E-state index contributed by atoms with van der Waals surface area (Å²) in [5.41, 5.74) is 0.489. The summed E-state index contributed by atoms with van der Waals surface area (Å²) >= 11 is 13.0. The van der Waals surface area contributed by atoms with E-state index in [4.69, 9.17) is 27.9 Å². The van der Waals surface area contributed by atoms with Gasteiger partial charge in [-0.3, -0.25) is 4.79 Å². The molecule has 0 radical (unpaired) electrons. The maximum absolute atomic E-state index is 12.3. The highest BCUT2D eigenvalue weighted by Gasteiger charge is 2.28.